The summed E-state index contributed by atoms with van der Waals surface area (Å²) >= 11 is 2.97. The van der Waals surface area contributed by atoms with Crippen LogP contribution in [0.2, 0.25) is 0 Å². The number of nitrogens with one attached hydrogen (secondary N) is 2. The molecule has 0 aliphatic heterocycles. The molecule has 1 unspecified atom stereocenters. The fraction of sp³-hybridized carbons (Fsp3) is 0.300. The van der Waals surface area contributed by atoms with Crippen LogP contribution in [0, 0.1) is 11.6 Å². The first-order valence-electron chi connectivity index (χ1n) is 4.58. The van der Waals surface area contributed by atoms with E-state index in [1.807, 2.05) is 0 Å². The van der Waals surface area contributed by atoms with Gasteiger partial charge in [-0.05, 0) is 19.1 Å². The van der Waals surface area contributed by atoms with Crippen LogP contribution < -0.4 is 10.6 Å². The highest BCUT2D eigenvalue weighted by Gasteiger charge is 2.16. The molecule has 1 aromatic rings. The van der Waals surface area contributed by atoms with Crippen molar-refractivity contribution in [2.24, 2.45) is 0 Å². The quantitative estimate of drug-likeness (QED) is 0.897. The van der Waals surface area contributed by atoms with Gasteiger partial charge in [-0.15, -0.1) is 0 Å². The van der Waals surface area contributed by atoms with Crippen molar-refractivity contribution in [3.8, 4) is 0 Å². The molecule has 0 bridgehead atoms. The molecule has 0 radical (unpaired) electrons. The van der Waals surface area contributed by atoms with Gasteiger partial charge in [0.25, 0.3) is 0 Å². The van der Waals surface area contributed by atoms with E-state index in [9.17, 15) is 13.6 Å². The van der Waals surface area contributed by atoms with E-state index in [2.05, 4.69) is 26.6 Å². The molecule has 0 aromatic heterocycles. The number of carbonyl (C=O) groups excluding carboxylic acids is 1. The molecule has 0 aliphatic rings. The van der Waals surface area contributed by atoms with Crippen LogP contribution in [0.15, 0.2) is 16.6 Å². The van der Waals surface area contributed by atoms with Crippen LogP contribution in [0.3, 0.4) is 0 Å². The van der Waals surface area contributed by atoms with Gasteiger partial charge in [-0.3, -0.25) is 4.79 Å². The van der Waals surface area contributed by atoms with Crippen molar-refractivity contribution in [2.45, 2.75) is 13.0 Å². The summed E-state index contributed by atoms with van der Waals surface area (Å²) in [6, 6.07) is 1.54. The maximum absolute atomic E-state index is 13.4. The second-order valence-corrected chi connectivity index (χ2v) is 4.14. The van der Waals surface area contributed by atoms with Crippen LogP contribution in [-0.4, -0.2) is 19.0 Å². The van der Waals surface area contributed by atoms with Crippen LogP contribution >= 0.6 is 15.9 Å². The minimum Gasteiger partial charge on any atom is -0.369 e. The Morgan fingerprint density at radius 3 is 2.31 bits per heavy atom. The highest BCUT2D eigenvalue weighted by Crippen LogP contribution is 2.24. The van der Waals surface area contributed by atoms with Crippen molar-refractivity contribution in [1.29, 1.82) is 0 Å². The van der Waals surface area contributed by atoms with Crippen molar-refractivity contribution < 1.29 is 13.6 Å². The lowest BCUT2D eigenvalue weighted by Gasteiger charge is -2.15. The average Bonchev–Trinajstić information content (AvgIpc) is 2.21. The predicted molar refractivity (Wildman–Crippen MR) is 61.2 cm³/mol. The van der Waals surface area contributed by atoms with Crippen molar-refractivity contribution in [2.75, 3.05) is 12.4 Å². The summed E-state index contributed by atoms with van der Waals surface area (Å²) in [5, 5.41) is 4.85. The average molecular weight is 293 g/mol. The summed E-state index contributed by atoms with van der Waals surface area (Å²) in [6.07, 6.45) is 0. The Morgan fingerprint density at radius 1 is 1.38 bits per heavy atom. The van der Waals surface area contributed by atoms with E-state index in [0.29, 0.717) is 4.47 Å². The van der Waals surface area contributed by atoms with Gasteiger partial charge < -0.3 is 10.6 Å². The predicted octanol–water partition coefficient (Wildman–Crippen LogP) is 2.27. The van der Waals surface area contributed by atoms with Gasteiger partial charge >= 0.3 is 0 Å². The molecule has 1 rings (SSSR count). The van der Waals surface area contributed by atoms with Crippen LogP contribution in [0.5, 0.6) is 0 Å². The SMILES string of the molecule is CNC(=O)C(C)Nc1c(F)cc(Br)cc1F. The fourth-order valence-electron chi connectivity index (χ4n) is 1.18. The van der Waals surface area contributed by atoms with E-state index in [-0.39, 0.29) is 11.6 Å². The molecule has 0 fully saturated rings. The molecule has 16 heavy (non-hydrogen) atoms. The van der Waals surface area contributed by atoms with E-state index in [0.717, 1.165) is 12.1 Å². The summed E-state index contributed by atoms with van der Waals surface area (Å²) in [5.74, 6) is -1.84. The largest absolute Gasteiger partial charge is 0.369 e. The third-order valence-electron chi connectivity index (χ3n) is 2.01. The molecule has 1 aromatic carbocycles. The Kier molecular flexibility index (Phi) is 4.23. The monoisotopic (exact) mass is 292 g/mol. The molecular formula is C10H11BrF2N2O. The van der Waals surface area contributed by atoms with Gasteiger partial charge in [-0.25, -0.2) is 8.78 Å². The Balaban J connectivity index is 2.93. The Bertz CT molecular complexity index is 389. The summed E-state index contributed by atoms with van der Waals surface area (Å²) in [4.78, 5) is 11.2. The summed E-state index contributed by atoms with van der Waals surface area (Å²) < 4.78 is 27.1. The number of rotatable bonds is 3. The lowest BCUT2D eigenvalue weighted by atomic mass is 10.2. The number of hydrogen-bond donors (Lipinski definition) is 2. The first-order chi connectivity index (χ1) is 7.45. The topological polar surface area (TPSA) is 41.1 Å². The highest BCUT2D eigenvalue weighted by molar-refractivity contribution is 9.10. The number of carbonyl (C=O) groups is 1. The normalized spacial score (nSPS) is 12.1. The van der Waals surface area contributed by atoms with Crippen LogP contribution in [0.25, 0.3) is 0 Å². The van der Waals surface area contributed by atoms with Gasteiger partial charge in [-0.2, -0.15) is 0 Å². The van der Waals surface area contributed by atoms with Crippen molar-refractivity contribution in [3.05, 3.63) is 28.2 Å². The number of halogens is 3. The van der Waals surface area contributed by atoms with Gasteiger partial charge in [-0.1, -0.05) is 15.9 Å². The third kappa shape index (κ3) is 2.91. The Labute approximate surface area is 100 Å². The first-order valence-corrected chi connectivity index (χ1v) is 5.37. The minimum atomic E-state index is -0.748. The molecule has 0 saturated carbocycles. The van der Waals surface area contributed by atoms with Gasteiger partial charge in [0, 0.05) is 11.5 Å². The summed E-state index contributed by atoms with van der Waals surface area (Å²) in [5.41, 5.74) is -0.306. The van der Waals surface area contributed by atoms with E-state index < -0.39 is 17.7 Å². The van der Waals surface area contributed by atoms with Crippen LogP contribution in [0.4, 0.5) is 14.5 Å². The molecule has 0 spiro atoms. The molecule has 0 heterocycles. The van der Waals surface area contributed by atoms with Crippen LogP contribution in [-0.2, 0) is 4.79 Å². The molecule has 1 atom stereocenters. The van der Waals surface area contributed by atoms with Gasteiger partial charge in [0.2, 0.25) is 5.91 Å². The summed E-state index contributed by atoms with van der Waals surface area (Å²) in [7, 11) is 1.45. The van der Waals surface area contributed by atoms with E-state index in [4.69, 9.17) is 0 Å². The molecule has 2 N–H and O–H groups in total. The minimum absolute atomic E-state index is 0.306. The Morgan fingerprint density at radius 2 is 1.88 bits per heavy atom. The molecule has 0 saturated heterocycles. The van der Waals surface area contributed by atoms with E-state index in [1.165, 1.54) is 14.0 Å². The maximum Gasteiger partial charge on any atom is 0.241 e. The summed E-state index contributed by atoms with van der Waals surface area (Å²) in [6.45, 7) is 1.51. The number of hydrogen-bond acceptors (Lipinski definition) is 2. The Hall–Kier alpha value is -1.17. The molecule has 0 aliphatic carbocycles. The van der Waals surface area contributed by atoms with Crippen LogP contribution in [0.1, 0.15) is 6.92 Å². The molecular weight excluding hydrogens is 282 g/mol. The number of benzene rings is 1. The lowest BCUT2D eigenvalue weighted by molar-refractivity contribution is -0.121. The van der Waals surface area contributed by atoms with Crippen molar-refractivity contribution in [3.63, 3.8) is 0 Å². The molecule has 88 valence electrons. The zero-order valence-electron chi connectivity index (χ0n) is 8.77. The highest BCUT2D eigenvalue weighted by atomic mass is 79.9. The maximum atomic E-state index is 13.4. The fourth-order valence-corrected chi connectivity index (χ4v) is 1.58. The van der Waals surface area contributed by atoms with Gasteiger partial charge in [0.15, 0.2) is 0 Å². The van der Waals surface area contributed by atoms with Crippen molar-refractivity contribution >= 4 is 27.5 Å². The van der Waals surface area contributed by atoms with Gasteiger partial charge in [0.1, 0.15) is 23.4 Å². The first kappa shape index (κ1) is 12.9. The van der Waals surface area contributed by atoms with Crippen molar-refractivity contribution in [1.82, 2.24) is 5.32 Å². The molecule has 6 heteroatoms. The number of anilines is 1. The lowest BCUT2D eigenvalue weighted by Crippen LogP contribution is -2.35. The smallest absolute Gasteiger partial charge is 0.241 e. The second kappa shape index (κ2) is 5.25. The van der Waals surface area contributed by atoms with E-state index >= 15 is 0 Å². The molecule has 1 amide bonds. The second-order valence-electron chi connectivity index (χ2n) is 3.22. The zero-order chi connectivity index (χ0) is 12.3. The van der Waals surface area contributed by atoms with Gasteiger partial charge in [0.05, 0.1) is 0 Å². The van der Waals surface area contributed by atoms with E-state index in [1.54, 1.807) is 0 Å². The number of likely N-dealkylation sites (N-methyl/N-ethyl adjacent to an activating group) is 1. The third-order valence-corrected chi connectivity index (χ3v) is 2.47. The number of amides is 1. The zero-order valence-corrected chi connectivity index (χ0v) is 10.4. The standard InChI is InChI=1S/C10H11BrF2N2O/c1-5(10(16)14-2)15-9-7(12)3-6(11)4-8(9)13/h3-5,15H,1-2H3,(H,14,16). The molecule has 3 nitrogen and oxygen atoms in total.